The first kappa shape index (κ1) is 17.7. The van der Waals surface area contributed by atoms with Crippen LogP contribution in [0.15, 0.2) is 47.1 Å². The van der Waals surface area contributed by atoms with Gasteiger partial charge in [0.2, 0.25) is 5.91 Å². The molecule has 2 aromatic rings. The van der Waals surface area contributed by atoms with E-state index in [1.165, 1.54) is 6.26 Å². The molecule has 3 N–H and O–H groups in total. The molecule has 1 unspecified atom stereocenters. The second kappa shape index (κ2) is 8.31. The quantitative estimate of drug-likeness (QED) is 0.727. The number of amides is 2. The van der Waals surface area contributed by atoms with E-state index in [0.717, 1.165) is 0 Å². The van der Waals surface area contributed by atoms with Crippen LogP contribution >= 0.6 is 0 Å². The lowest BCUT2D eigenvalue weighted by Gasteiger charge is -2.15. The predicted molar refractivity (Wildman–Crippen MR) is 90.4 cm³/mol. The number of carbonyl (C=O) groups excluding carboxylic acids is 2. The maximum atomic E-state index is 12.3. The Kier molecular flexibility index (Phi) is 6.14. The molecule has 0 saturated heterocycles. The van der Waals surface area contributed by atoms with Crippen LogP contribution in [-0.2, 0) is 11.3 Å². The zero-order chi connectivity index (χ0) is 17.5. The van der Waals surface area contributed by atoms with Crippen molar-refractivity contribution in [2.45, 2.75) is 32.9 Å². The predicted octanol–water partition coefficient (Wildman–Crippen LogP) is 2.56. The SMILES string of the molecule is CC(C)C(O)CC(=O)Nc1ccccc1C(=O)NCc1ccco1. The number of para-hydroxylation sites is 1. The number of hydrogen-bond donors (Lipinski definition) is 3. The van der Waals surface area contributed by atoms with E-state index >= 15 is 0 Å². The van der Waals surface area contributed by atoms with Gasteiger partial charge in [0.1, 0.15) is 5.76 Å². The molecule has 6 heteroatoms. The molecular weight excluding hydrogens is 308 g/mol. The highest BCUT2D eigenvalue weighted by atomic mass is 16.3. The molecule has 0 radical (unpaired) electrons. The number of hydrogen-bond acceptors (Lipinski definition) is 4. The Morgan fingerprint density at radius 2 is 1.92 bits per heavy atom. The van der Waals surface area contributed by atoms with E-state index in [1.54, 1.807) is 36.4 Å². The van der Waals surface area contributed by atoms with E-state index in [2.05, 4.69) is 10.6 Å². The Hall–Kier alpha value is -2.60. The van der Waals surface area contributed by atoms with Gasteiger partial charge >= 0.3 is 0 Å². The number of anilines is 1. The fourth-order valence-corrected chi connectivity index (χ4v) is 2.09. The fraction of sp³-hybridized carbons (Fsp3) is 0.333. The van der Waals surface area contributed by atoms with Crippen LogP contribution in [0.25, 0.3) is 0 Å². The van der Waals surface area contributed by atoms with Crippen LogP contribution in [0.4, 0.5) is 5.69 Å². The fourth-order valence-electron chi connectivity index (χ4n) is 2.09. The number of nitrogens with one attached hydrogen (secondary N) is 2. The molecule has 1 atom stereocenters. The van der Waals surface area contributed by atoms with Crippen molar-refractivity contribution < 1.29 is 19.1 Å². The van der Waals surface area contributed by atoms with Gasteiger partial charge in [0.05, 0.1) is 36.6 Å². The van der Waals surface area contributed by atoms with E-state index in [9.17, 15) is 14.7 Å². The number of aliphatic hydroxyl groups is 1. The van der Waals surface area contributed by atoms with Crippen molar-refractivity contribution in [3.63, 3.8) is 0 Å². The standard InChI is InChI=1S/C18H22N2O4/c1-12(2)16(21)10-17(22)20-15-8-4-3-7-14(15)18(23)19-11-13-6-5-9-24-13/h3-9,12,16,21H,10-11H2,1-2H3,(H,19,23)(H,20,22). The minimum Gasteiger partial charge on any atom is -0.467 e. The molecule has 0 aliphatic rings. The maximum absolute atomic E-state index is 12.3. The lowest BCUT2D eigenvalue weighted by molar-refractivity contribution is -0.118. The van der Waals surface area contributed by atoms with E-state index in [1.807, 2.05) is 13.8 Å². The van der Waals surface area contributed by atoms with Crippen LogP contribution in [0, 0.1) is 5.92 Å². The van der Waals surface area contributed by atoms with Gasteiger partial charge in [-0.1, -0.05) is 26.0 Å². The molecule has 1 aromatic carbocycles. The van der Waals surface area contributed by atoms with Crippen molar-refractivity contribution in [2.75, 3.05) is 5.32 Å². The number of benzene rings is 1. The highest BCUT2D eigenvalue weighted by molar-refractivity contribution is 6.03. The van der Waals surface area contributed by atoms with Crippen LogP contribution in [0.5, 0.6) is 0 Å². The van der Waals surface area contributed by atoms with Gasteiger partial charge in [0.25, 0.3) is 5.91 Å². The molecule has 24 heavy (non-hydrogen) atoms. The largest absolute Gasteiger partial charge is 0.467 e. The Morgan fingerprint density at radius 1 is 1.17 bits per heavy atom. The molecule has 0 bridgehead atoms. The van der Waals surface area contributed by atoms with Crippen molar-refractivity contribution in [3.8, 4) is 0 Å². The summed E-state index contributed by atoms with van der Waals surface area (Å²) in [5.74, 6) is -0.0123. The summed E-state index contributed by atoms with van der Waals surface area (Å²) in [6.45, 7) is 3.95. The summed E-state index contributed by atoms with van der Waals surface area (Å²) in [5, 5.41) is 15.2. The zero-order valence-electron chi connectivity index (χ0n) is 13.8. The molecule has 0 spiro atoms. The number of furan rings is 1. The van der Waals surface area contributed by atoms with Gasteiger partial charge in [-0.2, -0.15) is 0 Å². The second-order valence-electron chi connectivity index (χ2n) is 5.87. The molecule has 1 heterocycles. The lowest BCUT2D eigenvalue weighted by atomic mass is 10.0. The third-order valence-corrected chi connectivity index (χ3v) is 3.61. The Morgan fingerprint density at radius 3 is 2.58 bits per heavy atom. The normalized spacial score (nSPS) is 12.0. The summed E-state index contributed by atoms with van der Waals surface area (Å²) in [7, 11) is 0. The highest BCUT2D eigenvalue weighted by Gasteiger charge is 2.17. The first-order chi connectivity index (χ1) is 11.5. The van der Waals surface area contributed by atoms with Crippen molar-refractivity contribution in [2.24, 2.45) is 5.92 Å². The van der Waals surface area contributed by atoms with Gasteiger partial charge in [-0.05, 0) is 30.2 Å². The average molecular weight is 330 g/mol. The van der Waals surface area contributed by atoms with Crippen molar-refractivity contribution >= 4 is 17.5 Å². The first-order valence-electron chi connectivity index (χ1n) is 7.85. The van der Waals surface area contributed by atoms with E-state index in [0.29, 0.717) is 17.0 Å². The third-order valence-electron chi connectivity index (χ3n) is 3.61. The maximum Gasteiger partial charge on any atom is 0.253 e. The van der Waals surface area contributed by atoms with Gasteiger partial charge in [-0.15, -0.1) is 0 Å². The van der Waals surface area contributed by atoms with Crippen molar-refractivity contribution in [1.29, 1.82) is 0 Å². The summed E-state index contributed by atoms with van der Waals surface area (Å²) in [6.07, 6.45) is 0.806. The Labute approximate surface area is 140 Å². The van der Waals surface area contributed by atoms with Gasteiger partial charge in [0.15, 0.2) is 0 Å². The molecule has 1 aromatic heterocycles. The molecule has 2 rings (SSSR count). The van der Waals surface area contributed by atoms with Gasteiger partial charge < -0.3 is 20.2 Å². The van der Waals surface area contributed by atoms with Crippen LogP contribution in [0.2, 0.25) is 0 Å². The summed E-state index contributed by atoms with van der Waals surface area (Å²) >= 11 is 0. The first-order valence-corrected chi connectivity index (χ1v) is 7.85. The smallest absolute Gasteiger partial charge is 0.253 e. The van der Waals surface area contributed by atoms with Gasteiger partial charge in [0, 0.05) is 0 Å². The monoisotopic (exact) mass is 330 g/mol. The molecule has 0 saturated carbocycles. The average Bonchev–Trinajstić information content (AvgIpc) is 3.06. The lowest BCUT2D eigenvalue weighted by Crippen LogP contribution is -2.26. The van der Waals surface area contributed by atoms with Crippen molar-refractivity contribution in [3.05, 3.63) is 54.0 Å². The van der Waals surface area contributed by atoms with E-state index < -0.39 is 6.10 Å². The summed E-state index contributed by atoms with van der Waals surface area (Å²) < 4.78 is 5.17. The molecule has 0 fully saturated rings. The zero-order valence-corrected chi connectivity index (χ0v) is 13.8. The highest BCUT2D eigenvalue weighted by Crippen LogP contribution is 2.16. The van der Waals surface area contributed by atoms with E-state index in [-0.39, 0.29) is 30.7 Å². The summed E-state index contributed by atoms with van der Waals surface area (Å²) in [4.78, 5) is 24.3. The summed E-state index contributed by atoms with van der Waals surface area (Å²) in [6, 6.07) is 10.3. The van der Waals surface area contributed by atoms with Crippen LogP contribution < -0.4 is 10.6 Å². The van der Waals surface area contributed by atoms with Gasteiger partial charge in [-0.25, -0.2) is 0 Å². The molecule has 2 amide bonds. The number of rotatable bonds is 7. The molecule has 128 valence electrons. The molecule has 6 nitrogen and oxygen atoms in total. The summed E-state index contributed by atoms with van der Waals surface area (Å²) in [5.41, 5.74) is 0.770. The Balaban J connectivity index is 2.01. The minimum absolute atomic E-state index is 0.0115. The number of carbonyl (C=O) groups is 2. The topological polar surface area (TPSA) is 91.6 Å². The molecule has 0 aliphatic carbocycles. The van der Waals surface area contributed by atoms with Crippen molar-refractivity contribution in [1.82, 2.24) is 5.32 Å². The third kappa shape index (κ3) is 4.96. The second-order valence-corrected chi connectivity index (χ2v) is 5.87. The number of aliphatic hydroxyl groups excluding tert-OH is 1. The molecule has 0 aliphatic heterocycles. The molecular formula is C18H22N2O4. The van der Waals surface area contributed by atoms with Crippen LogP contribution in [-0.4, -0.2) is 23.0 Å². The minimum atomic E-state index is -0.718. The van der Waals surface area contributed by atoms with Gasteiger partial charge in [-0.3, -0.25) is 9.59 Å². The Bertz CT molecular complexity index is 680. The van der Waals surface area contributed by atoms with Crippen LogP contribution in [0.3, 0.4) is 0 Å². The van der Waals surface area contributed by atoms with E-state index in [4.69, 9.17) is 4.42 Å². The van der Waals surface area contributed by atoms with Crippen LogP contribution in [0.1, 0.15) is 36.4 Å².